The van der Waals surface area contributed by atoms with Crippen LogP contribution in [0.25, 0.3) is 0 Å². The van der Waals surface area contributed by atoms with Gasteiger partial charge in [0, 0.05) is 4.90 Å². The quantitative estimate of drug-likeness (QED) is 0.767. The summed E-state index contributed by atoms with van der Waals surface area (Å²) in [5.41, 5.74) is 0.585. The molecule has 0 fully saturated rings. The second kappa shape index (κ2) is 7.07. The van der Waals surface area contributed by atoms with Gasteiger partial charge in [-0.3, -0.25) is 4.79 Å². The van der Waals surface area contributed by atoms with E-state index in [0.29, 0.717) is 22.3 Å². The predicted molar refractivity (Wildman–Crippen MR) is 82.6 cm³/mol. The molecule has 2 aromatic rings. The molecule has 2 nitrogen and oxygen atoms in total. The van der Waals surface area contributed by atoms with Gasteiger partial charge in [-0.1, -0.05) is 35.9 Å². The van der Waals surface area contributed by atoms with Gasteiger partial charge in [-0.05, 0) is 24.3 Å². The van der Waals surface area contributed by atoms with Gasteiger partial charge in [0.1, 0.15) is 0 Å². The Morgan fingerprint density at radius 2 is 1.73 bits per heavy atom. The average Bonchev–Trinajstić information content (AvgIpc) is 2.46. The third kappa shape index (κ3) is 4.68. The minimum Gasteiger partial charge on any atom is -0.321 e. The number of benzene rings is 2. The Morgan fingerprint density at radius 3 is 2.41 bits per heavy atom. The van der Waals surface area contributed by atoms with Crippen molar-refractivity contribution < 1.29 is 18.0 Å². The number of thioether (sulfide) groups is 1. The molecule has 1 amide bonds. The number of amides is 1. The second-order valence-corrected chi connectivity index (χ2v) is 5.76. The van der Waals surface area contributed by atoms with E-state index in [1.54, 1.807) is 42.5 Å². The molecule has 0 atom stereocenters. The van der Waals surface area contributed by atoms with E-state index in [-0.39, 0.29) is 10.6 Å². The molecule has 116 valence electrons. The first-order valence-electron chi connectivity index (χ1n) is 6.21. The van der Waals surface area contributed by atoms with E-state index in [4.69, 9.17) is 11.6 Å². The van der Waals surface area contributed by atoms with Gasteiger partial charge >= 0.3 is 6.18 Å². The Balaban J connectivity index is 2.16. The minimum absolute atomic E-state index is 0.264. The number of carbonyl (C=O) groups excluding carboxylic acids is 1. The molecule has 7 heteroatoms. The molecule has 1 N–H and O–H groups in total. The molecule has 0 heterocycles. The molecule has 0 unspecified atom stereocenters. The van der Waals surface area contributed by atoms with Crippen LogP contribution in [0.5, 0.6) is 0 Å². The summed E-state index contributed by atoms with van der Waals surface area (Å²) in [5.74, 6) is -1.49. The number of rotatable bonds is 4. The monoisotopic (exact) mass is 345 g/mol. The van der Waals surface area contributed by atoms with Crippen molar-refractivity contribution in [2.24, 2.45) is 0 Å². The molecule has 0 aliphatic rings. The van der Waals surface area contributed by atoms with Gasteiger partial charge in [-0.15, -0.1) is 11.8 Å². The highest BCUT2D eigenvalue weighted by Gasteiger charge is 2.27. The van der Waals surface area contributed by atoms with Gasteiger partial charge in [-0.2, -0.15) is 13.2 Å². The van der Waals surface area contributed by atoms with Gasteiger partial charge in [0.15, 0.2) is 0 Å². The Labute approximate surface area is 134 Å². The Morgan fingerprint density at radius 1 is 1.09 bits per heavy atom. The summed E-state index contributed by atoms with van der Waals surface area (Å²) in [6.07, 6.45) is -4.27. The van der Waals surface area contributed by atoms with Gasteiger partial charge in [-0.25, -0.2) is 0 Å². The molecular formula is C15H11ClF3NOS. The van der Waals surface area contributed by atoms with Crippen LogP contribution in [0.3, 0.4) is 0 Å². The lowest BCUT2D eigenvalue weighted by atomic mass is 10.2. The minimum atomic E-state index is -4.27. The molecule has 2 aromatic carbocycles. The Hall–Kier alpha value is -1.66. The fraction of sp³-hybridized carbons (Fsp3) is 0.133. The van der Waals surface area contributed by atoms with Crippen molar-refractivity contribution in [1.82, 2.24) is 0 Å². The second-order valence-electron chi connectivity index (χ2n) is 4.33. The number of carbonyl (C=O) groups is 1. The molecule has 0 saturated heterocycles. The van der Waals surface area contributed by atoms with Crippen molar-refractivity contribution in [3.8, 4) is 0 Å². The molecule has 22 heavy (non-hydrogen) atoms. The van der Waals surface area contributed by atoms with Crippen molar-refractivity contribution >= 4 is 35.0 Å². The molecule has 0 saturated carbocycles. The van der Waals surface area contributed by atoms with Crippen molar-refractivity contribution in [3.63, 3.8) is 0 Å². The first kappa shape index (κ1) is 16.7. The zero-order valence-corrected chi connectivity index (χ0v) is 12.7. The van der Waals surface area contributed by atoms with Crippen LogP contribution in [0, 0.1) is 0 Å². The van der Waals surface area contributed by atoms with Crippen molar-refractivity contribution in [2.45, 2.75) is 11.1 Å². The van der Waals surface area contributed by atoms with Crippen LogP contribution in [0.2, 0.25) is 5.02 Å². The summed E-state index contributed by atoms with van der Waals surface area (Å²) in [6.45, 7) is 0. The standard InChI is InChI=1S/C15H11ClF3NOS/c16-11-6-2-1-5-10(11)14(21)20-12-7-3-4-8-13(12)22-9-15(17,18)19/h1-8H,9H2,(H,20,21). The number of anilines is 1. The number of halogens is 4. The summed E-state index contributed by atoms with van der Waals surface area (Å²) in [6, 6.07) is 12.8. The molecule has 0 aromatic heterocycles. The van der Waals surface area contributed by atoms with Crippen molar-refractivity contribution in [3.05, 3.63) is 59.1 Å². The van der Waals surface area contributed by atoms with E-state index in [2.05, 4.69) is 5.32 Å². The molecule has 2 rings (SSSR count). The van der Waals surface area contributed by atoms with Crippen LogP contribution >= 0.6 is 23.4 Å². The SMILES string of the molecule is O=C(Nc1ccccc1SCC(F)(F)F)c1ccccc1Cl. The Bertz CT molecular complexity index is 676. The van der Waals surface area contributed by atoms with Gasteiger partial charge in [0.25, 0.3) is 5.91 Å². The third-order valence-corrected chi connectivity index (χ3v) is 4.11. The topological polar surface area (TPSA) is 29.1 Å². The van der Waals surface area contributed by atoms with Crippen molar-refractivity contribution in [1.29, 1.82) is 0 Å². The van der Waals surface area contributed by atoms with Crippen LogP contribution in [0.1, 0.15) is 10.4 Å². The van der Waals surface area contributed by atoms with Gasteiger partial charge in [0.05, 0.1) is 22.0 Å². The highest BCUT2D eigenvalue weighted by atomic mass is 35.5. The van der Waals surface area contributed by atoms with Crippen LogP contribution < -0.4 is 5.32 Å². The van der Waals surface area contributed by atoms with Gasteiger partial charge < -0.3 is 5.32 Å². The Kier molecular flexibility index (Phi) is 5.37. The summed E-state index contributed by atoms with van der Waals surface area (Å²) in [5, 5.41) is 2.87. The first-order valence-corrected chi connectivity index (χ1v) is 7.57. The maximum Gasteiger partial charge on any atom is 0.398 e. The van der Waals surface area contributed by atoms with E-state index in [0.717, 1.165) is 0 Å². The van der Waals surface area contributed by atoms with E-state index in [9.17, 15) is 18.0 Å². The number of alkyl halides is 3. The maximum atomic E-state index is 12.3. The van der Waals surface area contributed by atoms with E-state index in [1.165, 1.54) is 6.07 Å². The summed E-state index contributed by atoms with van der Waals surface area (Å²) in [7, 11) is 0. The number of nitrogens with one attached hydrogen (secondary N) is 1. The number of hydrogen-bond donors (Lipinski definition) is 1. The molecule has 0 spiro atoms. The lowest BCUT2D eigenvalue weighted by Gasteiger charge is -2.12. The molecule has 0 bridgehead atoms. The zero-order chi connectivity index (χ0) is 16.2. The number of hydrogen-bond acceptors (Lipinski definition) is 2. The summed E-state index contributed by atoms with van der Waals surface area (Å²) in [4.78, 5) is 12.5. The highest BCUT2D eigenvalue weighted by molar-refractivity contribution is 7.99. The maximum absolute atomic E-state index is 12.3. The average molecular weight is 346 g/mol. The predicted octanol–water partition coefficient (Wildman–Crippen LogP) is 5.25. The van der Waals surface area contributed by atoms with E-state index < -0.39 is 17.8 Å². The summed E-state index contributed by atoms with van der Waals surface area (Å²) < 4.78 is 37.0. The van der Waals surface area contributed by atoms with Crippen LogP contribution in [0.15, 0.2) is 53.4 Å². The van der Waals surface area contributed by atoms with Crippen LogP contribution in [-0.4, -0.2) is 17.8 Å². The lowest BCUT2D eigenvalue weighted by molar-refractivity contribution is -0.105. The van der Waals surface area contributed by atoms with Gasteiger partial charge in [0.2, 0.25) is 0 Å². The molecule has 0 radical (unpaired) electrons. The third-order valence-electron chi connectivity index (χ3n) is 2.65. The largest absolute Gasteiger partial charge is 0.398 e. The summed E-state index contributed by atoms with van der Waals surface area (Å²) >= 11 is 6.55. The molecular weight excluding hydrogens is 335 g/mol. The van der Waals surface area contributed by atoms with E-state index in [1.807, 2.05) is 0 Å². The molecule has 0 aliphatic carbocycles. The number of para-hydroxylation sites is 1. The molecule has 0 aliphatic heterocycles. The first-order chi connectivity index (χ1) is 10.4. The van der Waals surface area contributed by atoms with Crippen LogP contribution in [-0.2, 0) is 0 Å². The lowest BCUT2D eigenvalue weighted by Crippen LogP contribution is -2.14. The highest BCUT2D eigenvalue weighted by Crippen LogP contribution is 2.32. The fourth-order valence-corrected chi connectivity index (χ4v) is 2.68. The fourth-order valence-electron chi connectivity index (χ4n) is 1.69. The normalized spacial score (nSPS) is 11.3. The zero-order valence-electron chi connectivity index (χ0n) is 11.2. The van der Waals surface area contributed by atoms with Crippen LogP contribution in [0.4, 0.5) is 18.9 Å². The van der Waals surface area contributed by atoms with Crippen molar-refractivity contribution in [2.75, 3.05) is 11.1 Å². The smallest absolute Gasteiger partial charge is 0.321 e. The van der Waals surface area contributed by atoms with E-state index >= 15 is 0 Å².